The summed E-state index contributed by atoms with van der Waals surface area (Å²) in [6.07, 6.45) is 2.22. The quantitative estimate of drug-likeness (QED) is 0.749. The molecular weight excluding hydrogens is 342 g/mol. The standard InChI is InChI=1S/C21H27N3O3/c1-17(27-20-9-4-3-8-19(20)26-2)21(25)24-15-13-23(14-16-24)12-10-18-7-5-6-11-22-18/h3-9,11,17H,10,12-16H2,1-2H3/t17-/m0/s1. The van der Waals surface area contributed by atoms with Crippen molar-refractivity contribution < 1.29 is 14.3 Å². The largest absolute Gasteiger partial charge is 0.493 e. The van der Waals surface area contributed by atoms with Gasteiger partial charge in [0.2, 0.25) is 0 Å². The maximum absolute atomic E-state index is 12.7. The summed E-state index contributed by atoms with van der Waals surface area (Å²) < 4.78 is 11.1. The maximum Gasteiger partial charge on any atom is 0.263 e. The highest BCUT2D eigenvalue weighted by Gasteiger charge is 2.26. The van der Waals surface area contributed by atoms with Crippen LogP contribution in [0.15, 0.2) is 48.7 Å². The summed E-state index contributed by atoms with van der Waals surface area (Å²) in [5, 5.41) is 0. The summed E-state index contributed by atoms with van der Waals surface area (Å²) in [6.45, 7) is 5.95. The molecular formula is C21H27N3O3. The van der Waals surface area contributed by atoms with E-state index >= 15 is 0 Å². The number of ether oxygens (including phenoxy) is 2. The van der Waals surface area contributed by atoms with E-state index in [0.717, 1.165) is 44.8 Å². The van der Waals surface area contributed by atoms with E-state index in [4.69, 9.17) is 9.47 Å². The number of carbonyl (C=O) groups excluding carboxylic acids is 1. The van der Waals surface area contributed by atoms with Gasteiger partial charge in [0.15, 0.2) is 17.6 Å². The summed E-state index contributed by atoms with van der Waals surface area (Å²) in [6, 6.07) is 13.4. The summed E-state index contributed by atoms with van der Waals surface area (Å²) in [5.74, 6) is 1.25. The Kier molecular flexibility index (Phi) is 6.65. The van der Waals surface area contributed by atoms with Crippen LogP contribution in [0.25, 0.3) is 0 Å². The van der Waals surface area contributed by atoms with Gasteiger partial charge in [-0.2, -0.15) is 0 Å². The molecule has 144 valence electrons. The second kappa shape index (κ2) is 9.37. The van der Waals surface area contributed by atoms with Crippen molar-refractivity contribution >= 4 is 5.91 Å². The molecule has 0 radical (unpaired) electrons. The predicted molar refractivity (Wildman–Crippen MR) is 104 cm³/mol. The van der Waals surface area contributed by atoms with E-state index < -0.39 is 6.10 Å². The number of methoxy groups -OCH3 is 1. The summed E-state index contributed by atoms with van der Waals surface area (Å²) in [5.41, 5.74) is 1.11. The van der Waals surface area contributed by atoms with Crippen LogP contribution in [0.5, 0.6) is 11.5 Å². The van der Waals surface area contributed by atoms with Gasteiger partial charge in [0.1, 0.15) is 0 Å². The Bertz CT molecular complexity index is 730. The van der Waals surface area contributed by atoms with E-state index in [9.17, 15) is 4.79 Å². The van der Waals surface area contributed by atoms with Crippen LogP contribution in [0.4, 0.5) is 0 Å². The third-order valence-corrected chi connectivity index (χ3v) is 4.81. The molecule has 1 amide bonds. The number of carbonyl (C=O) groups is 1. The molecule has 1 saturated heterocycles. The van der Waals surface area contributed by atoms with Gasteiger partial charge in [-0.25, -0.2) is 0 Å². The Morgan fingerprint density at radius 2 is 1.78 bits per heavy atom. The zero-order chi connectivity index (χ0) is 19.1. The Labute approximate surface area is 160 Å². The third kappa shape index (κ3) is 5.20. The van der Waals surface area contributed by atoms with E-state index in [1.807, 2.05) is 47.5 Å². The van der Waals surface area contributed by atoms with Crippen LogP contribution in [0.3, 0.4) is 0 Å². The molecule has 1 aromatic carbocycles. The molecule has 6 nitrogen and oxygen atoms in total. The van der Waals surface area contributed by atoms with Gasteiger partial charge < -0.3 is 14.4 Å². The van der Waals surface area contributed by atoms with Crippen molar-refractivity contribution in [2.45, 2.75) is 19.4 Å². The van der Waals surface area contributed by atoms with Gasteiger partial charge >= 0.3 is 0 Å². The summed E-state index contributed by atoms with van der Waals surface area (Å²) >= 11 is 0. The van der Waals surface area contributed by atoms with E-state index in [-0.39, 0.29) is 5.91 Å². The minimum atomic E-state index is -0.540. The lowest BCUT2D eigenvalue weighted by molar-refractivity contribution is -0.139. The first-order valence-electron chi connectivity index (χ1n) is 9.38. The number of rotatable bonds is 7. The second-order valence-corrected chi connectivity index (χ2v) is 6.65. The lowest BCUT2D eigenvalue weighted by Crippen LogP contribution is -2.52. The van der Waals surface area contributed by atoms with Crippen LogP contribution < -0.4 is 9.47 Å². The molecule has 0 saturated carbocycles. The highest BCUT2D eigenvalue weighted by Crippen LogP contribution is 2.27. The highest BCUT2D eigenvalue weighted by molar-refractivity contribution is 5.81. The Morgan fingerprint density at radius 3 is 2.44 bits per heavy atom. The van der Waals surface area contributed by atoms with Gasteiger partial charge in [0, 0.05) is 51.0 Å². The molecule has 27 heavy (non-hydrogen) atoms. The number of hydrogen-bond donors (Lipinski definition) is 0. The highest BCUT2D eigenvalue weighted by atomic mass is 16.5. The molecule has 1 aliphatic heterocycles. The van der Waals surface area contributed by atoms with E-state index in [1.54, 1.807) is 14.0 Å². The van der Waals surface area contributed by atoms with Crippen LogP contribution in [0.1, 0.15) is 12.6 Å². The molecule has 3 rings (SSSR count). The molecule has 0 unspecified atom stereocenters. The van der Waals surface area contributed by atoms with Gasteiger partial charge in [-0.3, -0.25) is 14.7 Å². The van der Waals surface area contributed by atoms with Crippen molar-refractivity contribution in [3.63, 3.8) is 0 Å². The lowest BCUT2D eigenvalue weighted by atomic mass is 10.2. The summed E-state index contributed by atoms with van der Waals surface area (Å²) in [7, 11) is 1.60. The number of para-hydroxylation sites is 2. The number of nitrogens with zero attached hydrogens (tertiary/aromatic N) is 3. The first-order chi connectivity index (χ1) is 13.2. The number of piperazine rings is 1. The molecule has 0 aliphatic carbocycles. The van der Waals surface area contributed by atoms with Crippen molar-refractivity contribution in [1.29, 1.82) is 0 Å². The molecule has 1 atom stereocenters. The van der Waals surface area contributed by atoms with Crippen molar-refractivity contribution in [2.24, 2.45) is 0 Å². The Balaban J connectivity index is 1.46. The molecule has 2 aromatic rings. The van der Waals surface area contributed by atoms with Gasteiger partial charge in [0.25, 0.3) is 5.91 Å². The number of pyridine rings is 1. The number of hydrogen-bond acceptors (Lipinski definition) is 5. The molecule has 0 bridgehead atoms. The molecule has 0 N–H and O–H groups in total. The first-order valence-corrected chi connectivity index (χ1v) is 9.38. The minimum absolute atomic E-state index is 0.0188. The lowest BCUT2D eigenvalue weighted by Gasteiger charge is -2.35. The van der Waals surface area contributed by atoms with Crippen molar-refractivity contribution in [2.75, 3.05) is 39.8 Å². The maximum atomic E-state index is 12.7. The SMILES string of the molecule is COc1ccccc1O[C@@H](C)C(=O)N1CCN(CCc2ccccn2)CC1. The van der Waals surface area contributed by atoms with Crippen LogP contribution in [-0.2, 0) is 11.2 Å². The smallest absolute Gasteiger partial charge is 0.263 e. The van der Waals surface area contributed by atoms with Crippen LogP contribution in [-0.4, -0.2) is 66.6 Å². The zero-order valence-electron chi connectivity index (χ0n) is 16.0. The average molecular weight is 369 g/mol. The number of amides is 1. The van der Waals surface area contributed by atoms with Gasteiger partial charge in [-0.1, -0.05) is 18.2 Å². The fourth-order valence-corrected chi connectivity index (χ4v) is 3.22. The molecule has 6 heteroatoms. The van der Waals surface area contributed by atoms with Gasteiger partial charge in [-0.15, -0.1) is 0 Å². The van der Waals surface area contributed by atoms with Crippen molar-refractivity contribution in [1.82, 2.24) is 14.8 Å². The first kappa shape index (κ1) is 19.2. The molecule has 1 aromatic heterocycles. The second-order valence-electron chi connectivity index (χ2n) is 6.65. The monoisotopic (exact) mass is 369 g/mol. The minimum Gasteiger partial charge on any atom is -0.493 e. The van der Waals surface area contributed by atoms with E-state index in [0.29, 0.717) is 11.5 Å². The predicted octanol–water partition coefficient (Wildman–Crippen LogP) is 2.24. The molecule has 1 aliphatic rings. The third-order valence-electron chi connectivity index (χ3n) is 4.81. The van der Waals surface area contributed by atoms with E-state index in [1.165, 1.54) is 0 Å². The number of aromatic nitrogens is 1. The van der Waals surface area contributed by atoms with Crippen LogP contribution in [0.2, 0.25) is 0 Å². The van der Waals surface area contributed by atoms with Gasteiger partial charge in [0.05, 0.1) is 7.11 Å². The normalized spacial score (nSPS) is 16.0. The molecule has 0 spiro atoms. The van der Waals surface area contributed by atoms with Crippen molar-refractivity contribution in [3.05, 3.63) is 54.4 Å². The summed E-state index contributed by atoms with van der Waals surface area (Å²) in [4.78, 5) is 21.4. The Hall–Kier alpha value is -2.60. The van der Waals surface area contributed by atoms with Gasteiger partial charge in [-0.05, 0) is 31.2 Å². The topological polar surface area (TPSA) is 54.9 Å². The zero-order valence-corrected chi connectivity index (χ0v) is 16.0. The van der Waals surface area contributed by atoms with Crippen LogP contribution >= 0.6 is 0 Å². The molecule has 2 heterocycles. The van der Waals surface area contributed by atoms with E-state index in [2.05, 4.69) is 16.0 Å². The molecule has 1 fully saturated rings. The number of benzene rings is 1. The average Bonchev–Trinajstić information content (AvgIpc) is 2.73. The Morgan fingerprint density at radius 1 is 1.07 bits per heavy atom. The van der Waals surface area contributed by atoms with Crippen LogP contribution in [0, 0.1) is 0 Å². The fourth-order valence-electron chi connectivity index (χ4n) is 3.22. The fraction of sp³-hybridized carbons (Fsp3) is 0.429. The van der Waals surface area contributed by atoms with Crippen molar-refractivity contribution in [3.8, 4) is 11.5 Å².